The van der Waals surface area contributed by atoms with E-state index in [1.54, 1.807) is 0 Å². The van der Waals surface area contributed by atoms with Crippen molar-refractivity contribution in [3.05, 3.63) is 41.6 Å². The Kier molecular flexibility index (Phi) is 6.04. The molecule has 4 rings (SSSR count). The van der Waals surface area contributed by atoms with Crippen molar-refractivity contribution in [2.24, 2.45) is 0 Å². The van der Waals surface area contributed by atoms with E-state index in [1.807, 2.05) is 0 Å². The number of nitrogens with zero attached hydrogens (tertiary/aromatic N) is 2. The van der Waals surface area contributed by atoms with E-state index < -0.39 is 29.0 Å². The number of esters is 1. The van der Waals surface area contributed by atoms with Crippen LogP contribution in [0.2, 0.25) is 0 Å². The number of halogens is 2. The number of benzene rings is 1. The number of rotatable bonds is 6. The maximum Gasteiger partial charge on any atom is 0.307 e. The van der Waals surface area contributed by atoms with Crippen molar-refractivity contribution in [1.82, 2.24) is 15.4 Å². The van der Waals surface area contributed by atoms with Crippen LogP contribution in [0, 0.1) is 11.6 Å². The number of methoxy groups -OCH3 is 1. The first-order valence-electron chi connectivity index (χ1n) is 10.4. The van der Waals surface area contributed by atoms with E-state index in [9.17, 15) is 18.4 Å². The van der Waals surface area contributed by atoms with Gasteiger partial charge in [-0.3, -0.25) is 14.5 Å². The topological polar surface area (TPSA) is 84.7 Å². The van der Waals surface area contributed by atoms with E-state index in [4.69, 9.17) is 9.26 Å². The molecule has 1 saturated carbocycles. The summed E-state index contributed by atoms with van der Waals surface area (Å²) in [4.78, 5) is 27.1. The first kappa shape index (κ1) is 21.4. The van der Waals surface area contributed by atoms with Crippen LogP contribution in [0.5, 0.6) is 0 Å². The SMILES string of the molecule is COC(=O)CC1(NC(=O)c2cc(-c3ccc(F)cc3F)on2)CN(C2CCCCC2)C1. The monoisotopic (exact) mass is 433 g/mol. The zero-order valence-corrected chi connectivity index (χ0v) is 17.3. The standard InChI is InChI=1S/C22H25F2N3O4/c1-30-20(28)11-22(12-27(13-22)15-5-3-2-4-6-15)25-21(29)18-10-19(31-26-18)16-8-7-14(23)9-17(16)24/h7-10,15H,2-6,11-13H2,1H3,(H,25,29). The van der Waals surface area contributed by atoms with Crippen LogP contribution in [-0.2, 0) is 9.53 Å². The van der Waals surface area contributed by atoms with Crippen molar-refractivity contribution in [3.8, 4) is 11.3 Å². The second kappa shape index (κ2) is 8.74. The highest BCUT2D eigenvalue weighted by Crippen LogP contribution is 2.33. The van der Waals surface area contributed by atoms with E-state index in [1.165, 1.54) is 38.5 Å². The minimum absolute atomic E-state index is 0.00402. The molecule has 1 amide bonds. The lowest BCUT2D eigenvalue weighted by molar-refractivity contribution is -0.145. The lowest BCUT2D eigenvalue weighted by Crippen LogP contribution is -2.72. The van der Waals surface area contributed by atoms with Crippen molar-refractivity contribution < 1.29 is 27.6 Å². The smallest absolute Gasteiger partial charge is 0.307 e. The molecule has 7 nitrogen and oxygen atoms in total. The number of likely N-dealkylation sites (tertiary alicyclic amines) is 1. The maximum absolute atomic E-state index is 14.0. The van der Waals surface area contributed by atoms with E-state index in [-0.39, 0.29) is 23.4 Å². The van der Waals surface area contributed by atoms with E-state index in [0.717, 1.165) is 25.0 Å². The van der Waals surface area contributed by atoms with Gasteiger partial charge in [0.2, 0.25) is 0 Å². The number of ether oxygens (including phenoxy) is 1. The fourth-order valence-corrected chi connectivity index (χ4v) is 4.52. The van der Waals surface area contributed by atoms with Crippen molar-refractivity contribution in [3.63, 3.8) is 0 Å². The summed E-state index contributed by atoms with van der Waals surface area (Å²) in [5, 5.41) is 6.64. The van der Waals surface area contributed by atoms with Crippen molar-refractivity contribution in [2.75, 3.05) is 20.2 Å². The molecule has 1 aromatic heterocycles. The highest BCUT2D eigenvalue weighted by molar-refractivity contribution is 5.94. The third-order valence-corrected chi connectivity index (χ3v) is 6.13. The summed E-state index contributed by atoms with van der Waals surface area (Å²) in [6.45, 7) is 1.10. The highest BCUT2D eigenvalue weighted by Gasteiger charge is 2.48. The van der Waals surface area contributed by atoms with Gasteiger partial charge in [0.15, 0.2) is 11.5 Å². The van der Waals surface area contributed by atoms with Crippen LogP contribution >= 0.6 is 0 Å². The summed E-state index contributed by atoms with van der Waals surface area (Å²) >= 11 is 0. The van der Waals surface area contributed by atoms with Crippen LogP contribution in [0.15, 0.2) is 28.8 Å². The van der Waals surface area contributed by atoms with Gasteiger partial charge in [-0.15, -0.1) is 0 Å². The lowest BCUT2D eigenvalue weighted by atomic mass is 9.81. The third kappa shape index (κ3) is 4.61. The van der Waals surface area contributed by atoms with Crippen LogP contribution in [0.4, 0.5) is 8.78 Å². The summed E-state index contributed by atoms with van der Waals surface area (Å²) in [6, 6.07) is 4.82. The van der Waals surface area contributed by atoms with E-state index in [2.05, 4.69) is 15.4 Å². The molecule has 1 saturated heterocycles. The van der Waals surface area contributed by atoms with Gasteiger partial charge in [-0.1, -0.05) is 24.4 Å². The average molecular weight is 433 g/mol. The fraction of sp³-hybridized carbons (Fsp3) is 0.500. The number of hydrogen-bond acceptors (Lipinski definition) is 6. The molecule has 0 spiro atoms. The molecule has 9 heteroatoms. The summed E-state index contributed by atoms with van der Waals surface area (Å²) in [5.41, 5.74) is -0.787. The van der Waals surface area contributed by atoms with Crippen LogP contribution in [0.1, 0.15) is 49.0 Å². The van der Waals surface area contributed by atoms with Gasteiger partial charge in [0.1, 0.15) is 11.6 Å². The molecule has 31 heavy (non-hydrogen) atoms. The Morgan fingerprint density at radius 1 is 1.23 bits per heavy atom. The van der Waals surface area contributed by atoms with Crippen LogP contribution < -0.4 is 5.32 Å². The number of amides is 1. The van der Waals surface area contributed by atoms with Crippen LogP contribution in [0.25, 0.3) is 11.3 Å². The number of hydrogen-bond donors (Lipinski definition) is 1. The molecular formula is C22H25F2N3O4. The largest absolute Gasteiger partial charge is 0.469 e. The normalized spacial score (nSPS) is 18.9. The zero-order valence-electron chi connectivity index (χ0n) is 17.3. The van der Waals surface area contributed by atoms with E-state index in [0.29, 0.717) is 19.1 Å². The minimum Gasteiger partial charge on any atom is -0.469 e. The van der Waals surface area contributed by atoms with Crippen molar-refractivity contribution >= 4 is 11.9 Å². The fourth-order valence-electron chi connectivity index (χ4n) is 4.52. The van der Waals surface area contributed by atoms with Gasteiger partial charge in [0.25, 0.3) is 5.91 Å². The molecule has 1 N–H and O–H groups in total. The minimum atomic E-state index is -0.813. The molecule has 2 aliphatic rings. The van der Waals surface area contributed by atoms with Gasteiger partial charge in [-0.25, -0.2) is 8.78 Å². The number of carbonyl (C=O) groups excluding carboxylic acids is 2. The molecule has 2 aromatic rings. The van der Waals surface area contributed by atoms with Gasteiger partial charge in [0, 0.05) is 31.3 Å². The van der Waals surface area contributed by atoms with Gasteiger partial charge >= 0.3 is 5.97 Å². The molecule has 2 heterocycles. The van der Waals surface area contributed by atoms with Gasteiger partial charge in [-0.2, -0.15) is 0 Å². The molecule has 1 aliphatic carbocycles. The van der Waals surface area contributed by atoms with Gasteiger partial charge in [0.05, 0.1) is 24.6 Å². The molecule has 0 radical (unpaired) electrons. The van der Waals surface area contributed by atoms with E-state index >= 15 is 0 Å². The molecular weight excluding hydrogens is 408 g/mol. The van der Waals surface area contributed by atoms with Crippen LogP contribution in [-0.4, -0.2) is 53.7 Å². The lowest BCUT2D eigenvalue weighted by Gasteiger charge is -2.53. The van der Waals surface area contributed by atoms with Crippen LogP contribution in [0.3, 0.4) is 0 Å². The second-order valence-corrected chi connectivity index (χ2v) is 8.38. The molecule has 0 unspecified atom stereocenters. The zero-order chi connectivity index (χ0) is 22.0. The Labute approximate surface area is 178 Å². The summed E-state index contributed by atoms with van der Waals surface area (Å²) in [7, 11) is 1.32. The Morgan fingerprint density at radius 2 is 1.97 bits per heavy atom. The Balaban J connectivity index is 1.47. The quantitative estimate of drug-likeness (QED) is 0.704. The van der Waals surface area contributed by atoms with Gasteiger partial charge < -0.3 is 14.6 Å². The summed E-state index contributed by atoms with van der Waals surface area (Å²) in [6.07, 6.45) is 5.93. The molecule has 1 aromatic carbocycles. The number of carbonyl (C=O) groups is 2. The number of aromatic nitrogens is 1. The molecule has 0 atom stereocenters. The Bertz CT molecular complexity index is 965. The molecule has 1 aliphatic heterocycles. The summed E-state index contributed by atoms with van der Waals surface area (Å²) in [5.74, 6) is -2.44. The first-order valence-corrected chi connectivity index (χ1v) is 10.4. The molecule has 0 bridgehead atoms. The predicted octanol–water partition coefficient (Wildman–Crippen LogP) is 3.30. The first-order chi connectivity index (χ1) is 14.9. The maximum atomic E-state index is 14.0. The molecule has 166 valence electrons. The summed E-state index contributed by atoms with van der Waals surface area (Å²) < 4.78 is 37.1. The Hall–Kier alpha value is -2.81. The highest BCUT2D eigenvalue weighted by atomic mass is 19.1. The Morgan fingerprint density at radius 3 is 2.65 bits per heavy atom. The average Bonchev–Trinajstić information content (AvgIpc) is 3.22. The second-order valence-electron chi connectivity index (χ2n) is 8.38. The van der Waals surface area contributed by atoms with Crippen molar-refractivity contribution in [1.29, 1.82) is 0 Å². The number of nitrogens with one attached hydrogen (secondary N) is 1. The third-order valence-electron chi connectivity index (χ3n) is 6.13. The van der Waals surface area contributed by atoms with Gasteiger partial charge in [-0.05, 0) is 25.0 Å². The molecule has 2 fully saturated rings. The predicted molar refractivity (Wildman–Crippen MR) is 107 cm³/mol. The van der Waals surface area contributed by atoms with Crippen molar-refractivity contribution in [2.45, 2.75) is 50.1 Å².